The molecule has 0 aliphatic carbocycles. The normalized spacial score (nSPS) is 10.7. The molecule has 0 aliphatic rings. The van der Waals surface area contributed by atoms with E-state index < -0.39 is 10.8 Å². The molecule has 1 amide bonds. The maximum atomic E-state index is 11.3. The zero-order valence-corrected chi connectivity index (χ0v) is 11.4. The van der Waals surface area contributed by atoms with E-state index in [1.54, 1.807) is 24.3 Å². The van der Waals surface area contributed by atoms with Crippen molar-refractivity contribution in [3.8, 4) is 0 Å². The van der Waals surface area contributed by atoms with E-state index >= 15 is 0 Å². The summed E-state index contributed by atoms with van der Waals surface area (Å²) in [7, 11) is 0. The van der Waals surface area contributed by atoms with Crippen molar-refractivity contribution in [2.45, 2.75) is 0 Å². The fraction of sp³-hybridized carbons (Fsp3) is 0. The minimum Gasteiger partial charge on any atom is -0.366 e. The van der Waals surface area contributed by atoms with Crippen LogP contribution in [0.1, 0.15) is 15.9 Å². The molecule has 0 atom stereocenters. The Labute approximate surface area is 125 Å². The molecule has 2 aromatic rings. The van der Waals surface area contributed by atoms with E-state index in [2.05, 4.69) is 4.99 Å². The second kappa shape index (κ2) is 6.15. The van der Waals surface area contributed by atoms with Crippen LogP contribution in [0.3, 0.4) is 0 Å². The molecule has 2 aromatic carbocycles. The fourth-order valence-corrected chi connectivity index (χ4v) is 1.84. The van der Waals surface area contributed by atoms with Gasteiger partial charge < -0.3 is 5.73 Å². The predicted molar refractivity (Wildman–Crippen MR) is 80.3 cm³/mol. The van der Waals surface area contributed by atoms with Crippen LogP contribution in [-0.4, -0.2) is 17.0 Å². The summed E-state index contributed by atoms with van der Waals surface area (Å²) in [6.45, 7) is 0. The summed E-state index contributed by atoms with van der Waals surface area (Å²) in [4.78, 5) is 25.6. The topological polar surface area (TPSA) is 98.6 Å². The Hall–Kier alpha value is -2.73. The van der Waals surface area contributed by atoms with Gasteiger partial charge in [0.05, 0.1) is 16.2 Å². The lowest BCUT2D eigenvalue weighted by atomic mass is 10.1. The van der Waals surface area contributed by atoms with E-state index in [0.29, 0.717) is 16.3 Å². The lowest BCUT2D eigenvalue weighted by molar-refractivity contribution is -0.384. The number of nitro benzene ring substituents is 1. The first-order chi connectivity index (χ1) is 9.99. The van der Waals surface area contributed by atoms with Crippen molar-refractivity contribution < 1.29 is 9.72 Å². The van der Waals surface area contributed by atoms with E-state index in [1.807, 2.05) is 0 Å². The van der Waals surface area contributed by atoms with Crippen LogP contribution in [0.5, 0.6) is 0 Å². The first-order valence-electron chi connectivity index (χ1n) is 5.86. The Morgan fingerprint density at radius 3 is 2.67 bits per heavy atom. The van der Waals surface area contributed by atoms with Crippen molar-refractivity contribution in [3.63, 3.8) is 0 Å². The Balaban J connectivity index is 2.40. The highest BCUT2D eigenvalue weighted by molar-refractivity contribution is 6.33. The first-order valence-corrected chi connectivity index (χ1v) is 6.23. The van der Waals surface area contributed by atoms with Crippen molar-refractivity contribution in [2.24, 2.45) is 10.7 Å². The summed E-state index contributed by atoms with van der Waals surface area (Å²) in [5.41, 5.74) is 6.16. The van der Waals surface area contributed by atoms with Gasteiger partial charge in [0.25, 0.3) is 11.6 Å². The summed E-state index contributed by atoms with van der Waals surface area (Å²) >= 11 is 5.96. The summed E-state index contributed by atoms with van der Waals surface area (Å²) in [5.74, 6) is -0.604. The molecule has 6 nitrogen and oxygen atoms in total. The van der Waals surface area contributed by atoms with Gasteiger partial charge in [0.15, 0.2) is 0 Å². The summed E-state index contributed by atoms with van der Waals surface area (Å²) in [6.07, 6.45) is 1.36. The minimum absolute atomic E-state index is 0.0935. The molecular weight excluding hydrogens is 294 g/mol. The number of carbonyl (C=O) groups excluding carboxylic acids is 1. The van der Waals surface area contributed by atoms with Gasteiger partial charge in [-0.05, 0) is 18.2 Å². The van der Waals surface area contributed by atoms with Gasteiger partial charge in [-0.2, -0.15) is 0 Å². The molecule has 0 unspecified atom stereocenters. The smallest absolute Gasteiger partial charge is 0.270 e. The number of non-ortho nitro benzene ring substituents is 1. The van der Waals surface area contributed by atoms with Crippen LogP contribution in [0.4, 0.5) is 11.4 Å². The number of halogens is 1. The molecule has 0 heterocycles. The zero-order chi connectivity index (χ0) is 15.4. The van der Waals surface area contributed by atoms with Crippen LogP contribution in [-0.2, 0) is 0 Å². The minimum atomic E-state index is -0.604. The fourth-order valence-electron chi connectivity index (χ4n) is 1.68. The molecule has 0 bridgehead atoms. The average molecular weight is 304 g/mol. The number of carbonyl (C=O) groups is 1. The van der Waals surface area contributed by atoms with E-state index in [9.17, 15) is 14.9 Å². The maximum Gasteiger partial charge on any atom is 0.270 e. The van der Waals surface area contributed by atoms with Gasteiger partial charge in [-0.1, -0.05) is 23.7 Å². The molecule has 0 saturated heterocycles. The Bertz CT molecular complexity index is 744. The van der Waals surface area contributed by atoms with Crippen LogP contribution >= 0.6 is 11.6 Å². The van der Waals surface area contributed by atoms with Crippen molar-refractivity contribution in [2.75, 3.05) is 0 Å². The van der Waals surface area contributed by atoms with Crippen molar-refractivity contribution >= 4 is 35.1 Å². The number of nitro groups is 1. The number of aliphatic imine (C=N–C) groups is 1. The van der Waals surface area contributed by atoms with E-state index in [1.165, 1.54) is 24.4 Å². The predicted octanol–water partition coefficient (Wildman–Crippen LogP) is 3.10. The first kappa shape index (κ1) is 14.7. The van der Waals surface area contributed by atoms with Crippen LogP contribution in [0.15, 0.2) is 47.5 Å². The number of primary amides is 1. The summed E-state index contributed by atoms with van der Waals surface area (Å²) < 4.78 is 0. The number of nitrogens with zero attached hydrogens (tertiary/aromatic N) is 2. The maximum absolute atomic E-state index is 11.3. The number of amides is 1. The van der Waals surface area contributed by atoms with Gasteiger partial charge in [0.2, 0.25) is 0 Å². The largest absolute Gasteiger partial charge is 0.366 e. The van der Waals surface area contributed by atoms with Crippen molar-refractivity contribution in [1.82, 2.24) is 0 Å². The zero-order valence-electron chi connectivity index (χ0n) is 10.7. The third kappa shape index (κ3) is 3.43. The second-order valence-electron chi connectivity index (χ2n) is 4.10. The molecule has 2 rings (SSSR count). The van der Waals surface area contributed by atoms with Gasteiger partial charge in [-0.25, -0.2) is 0 Å². The van der Waals surface area contributed by atoms with E-state index in [4.69, 9.17) is 17.3 Å². The number of rotatable bonds is 4. The SMILES string of the molecule is NC(=O)c1ccccc1N=Cc1cc([N+](=O)[O-])ccc1Cl. The lowest BCUT2D eigenvalue weighted by Crippen LogP contribution is -2.10. The van der Waals surface area contributed by atoms with Crippen molar-refractivity contribution in [1.29, 1.82) is 0 Å². The molecule has 0 saturated carbocycles. The summed E-state index contributed by atoms with van der Waals surface area (Å²) in [6, 6.07) is 10.6. The number of hydrogen-bond donors (Lipinski definition) is 1. The van der Waals surface area contributed by atoms with Gasteiger partial charge in [0.1, 0.15) is 0 Å². The standard InChI is InChI=1S/C14H10ClN3O3/c15-12-6-5-10(18(20)21)7-9(12)8-17-13-4-2-1-3-11(13)14(16)19/h1-8H,(H2,16,19). The lowest BCUT2D eigenvalue weighted by Gasteiger charge is -2.01. The molecule has 0 fully saturated rings. The number of benzene rings is 2. The molecule has 21 heavy (non-hydrogen) atoms. The van der Waals surface area contributed by atoms with Gasteiger partial charge in [0, 0.05) is 28.9 Å². The molecule has 0 aliphatic heterocycles. The Morgan fingerprint density at radius 1 is 1.29 bits per heavy atom. The average Bonchev–Trinajstić information content (AvgIpc) is 2.46. The van der Waals surface area contributed by atoms with Crippen molar-refractivity contribution in [3.05, 3.63) is 68.7 Å². The van der Waals surface area contributed by atoms with Crippen LogP contribution in [0.2, 0.25) is 5.02 Å². The second-order valence-corrected chi connectivity index (χ2v) is 4.51. The van der Waals surface area contributed by atoms with Crippen LogP contribution in [0, 0.1) is 10.1 Å². The molecule has 7 heteroatoms. The molecule has 0 spiro atoms. The number of hydrogen-bond acceptors (Lipinski definition) is 4. The third-order valence-corrected chi connectivity index (χ3v) is 3.05. The highest BCUT2D eigenvalue weighted by Gasteiger charge is 2.09. The van der Waals surface area contributed by atoms with Gasteiger partial charge in [-0.3, -0.25) is 19.9 Å². The highest BCUT2D eigenvalue weighted by atomic mass is 35.5. The Morgan fingerprint density at radius 2 is 2.00 bits per heavy atom. The molecular formula is C14H10ClN3O3. The number of nitrogens with two attached hydrogens (primary N) is 1. The van der Waals surface area contributed by atoms with E-state index in [-0.39, 0.29) is 11.3 Å². The molecule has 0 radical (unpaired) electrons. The third-order valence-electron chi connectivity index (χ3n) is 2.70. The van der Waals surface area contributed by atoms with E-state index in [0.717, 1.165) is 0 Å². The molecule has 0 aromatic heterocycles. The molecule has 2 N–H and O–H groups in total. The highest BCUT2D eigenvalue weighted by Crippen LogP contribution is 2.23. The van der Waals surface area contributed by atoms with Gasteiger partial charge in [-0.15, -0.1) is 0 Å². The van der Waals surface area contributed by atoms with Crippen LogP contribution in [0.25, 0.3) is 0 Å². The van der Waals surface area contributed by atoms with Crippen LogP contribution < -0.4 is 5.73 Å². The number of para-hydroxylation sites is 1. The summed E-state index contributed by atoms with van der Waals surface area (Å²) in [5, 5.41) is 11.1. The van der Waals surface area contributed by atoms with Gasteiger partial charge >= 0.3 is 0 Å². The monoisotopic (exact) mass is 303 g/mol. The molecule has 106 valence electrons. The Kier molecular flexibility index (Phi) is 4.30. The quantitative estimate of drug-likeness (QED) is 0.533.